The molecule has 2 N–H and O–H groups in total. The van der Waals surface area contributed by atoms with Crippen molar-refractivity contribution >= 4 is 15.8 Å². The summed E-state index contributed by atoms with van der Waals surface area (Å²) in [5, 5.41) is 6.22. The molecule has 0 fully saturated rings. The van der Waals surface area contributed by atoms with E-state index >= 15 is 0 Å². The summed E-state index contributed by atoms with van der Waals surface area (Å²) in [6.45, 7) is 1.68. The number of aromatic nitrogens is 2. The largest absolute Gasteiger partial charge is 0.493 e. The summed E-state index contributed by atoms with van der Waals surface area (Å²) >= 11 is 0. The average molecular weight is 297 g/mol. The Morgan fingerprint density at radius 1 is 1.20 bits per heavy atom. The van der Waals surface area contributed by atoms with Crippen LogP contribution >= 0.6 is 0 Å². The van der Waals surface area contributed by atoms with Crippen LogP contribution in [0, 0.1) is 6.92 Å². The summed E-state index contributed by atoms with van der Waals surface area (Å²) in [6.07, 6.45) is 1.46. The number of nitrogens with zero attached hydrogens (tertiary/aromatic N) is 1. The van der Waals surface area contributed by atoms with Gasteiger partial charge in [-0.1, -0.05) is 0 Å². The molecule has 0 saturated heterocycles. The fourth-order valence-electron chi connectivity index (χ4n) is 1.76. The van der Waals surface area contributed by atoms with Crippen molar-refractivity contribution in [2.24, 2.45) is 0 Å². The van der Waals surface area contributed by atoms with Crippen LogP contribution < -0.4 is 14.2 Å². The van der Waals surface area contributed by atoms with Crippen molar-refractivity contribution in [3.8, 4) is 11.5 Å². The highest BCUT2D eigenvalue weighted by Crippen LogP contribution is 2.32. The third-order valence-electron chi connectivity index (χ3n) is 2.72. The molecule has 0 spiro atoms. The number of hydrogen-bond acceptors (Lipinski definition) is 5. The minimum absolute atomic E-state index is 0.116. The molecule has 7 nitrogen and oxygen atoms in total. The molecule has 0 radical (unpaired) electrons. The number of H-pyrrole nitrogens is 1. The summed E-state index contributed by atoms with van der Waals surface area (Å²) < 4.78 is 37.3. The van der Waals surface area contributed by atoms with Gasteiger partial charge in [0.15, 0.2) is 11.5 Å². The first-order chi connectivity index (χ1) is 9.47. The Bertz CT molecular complexity index is 696. The van der Waals surface area contributed by atoms with E-state index in [9.17, 15) is 8.42 Å². The maximum atomic E-state index is 12.3. The number of nitrogens with one attached hydrogen (secondary N) is 2. The van der Waals surface area contributed by atoms with Crippen LogP contribution in [0.5, 0.6) is 11.5 Å². The minimum Gasteiger partial charge on any atom is -0.493 e. The highest BCUT2D eigenvalue weighted by Gasteiger charge is 2.20. The number of ether oxygens (including phenoxy) is 2. The maximum absolute atomic E-state index is 12.3. The maximum Gasteiger partial charge on any atom is 0.263 e. The first-order valence-electron chi connectivity index (χ1n) is 5.72. The van der Waals surface area contributed by atoms with E-state index in [0.717, 1.165) is 0 Å². The van der Waals surface area contributed by atoms with Gasteiger partial charge in [0.25, 0.3) is 10.0 Å². The lowest BCUT2D eigenvalue weighted by atomic mass is 10.2. The minimum atomic E-state index is -3.73. The van der Waals surface area contributed by atoms with E-state index in [1.165, 1.54) is 32.5 Å². The van der Waals surface area contributed by atoms with E-state index in [0.29, 0.717) is 22.9 Å². The van der Waals surface area contributed by atoms with Gasteiger partial charge in [-0.25, -0.2) is 8.42 Å². The van der Waals surface area contributed by atoms with Gasteiger partial charge >= 0.3 is 0 Å². The summed E-state index contributed by atoms with van der Waals surface area (Å²) in [7, 11) is -0.784. The van der Waals surface area contributed by atoms with Gasteiger partial charge in [-0.3, -0.25) is 9.82 Å². The molecular weight excluding hydrogens is 282 g/mol. The molecule has 108 valence electrons. The molecule has 1 heterocycles. The molecule has 0 aliphatic rings. The molecule has 20 heavy (non-hydrogen) atoms. The first kappa shape index (κ1) is 14.2. The fourth-order valence-corrected chi connectivity index (χ4v) is 3.02. The van der Waals surface area contributed by atoms with Gasteiger partial charge in [0.05, 0.1) is 25.3 Å². The molecule has 0 saturated carbocycles. The zero-order chi connectivity index (χ0) is 14.8. The van der Waals surface area contributed by atoms with Crippen molar-refractivity contribution in [2.75, 3.05) is 18.9 Å². The number of methoxy groups -OCH3 is 2. The Balaban J connectivity index is 2.46. The molecule has 2 rings (SSSR count). The van der Waals surface area contributed by atoms with Crippen LogP contribution in [0.15, 0.2) is 29.3 Å². The Kier molecular flexibility index (Phi) is 3.84. The summed E-state index contributed by atoms with van der Waals surface area (Å²) in [4.78, 5) is 0.116. The number of rotatable bonds is 5. The number of aryl methyl sites for hydroxylation is 1. The first-order valence-corrected chi connectivity index (χ1v) is 7.21. The fraction of sp³-hybridized carbons (Fsp3) is 0.250. The van der Waals surface area contributed by atoms with Crippen molar-refractivity contribution in [1.29, 1.82) is 0 Å². The van der Waals surface area contributed by atoms with E-state index in [1.807, 2.05) is 0 Å². The third kappa shape index (κ3) is 2.69. The molecule has 0 unspecified atom stereocenters. The van der Waals surface area contributed by atoms with E-state index in [2.05, 4.69) is 14.9 Å². The van der Waals surface area contributed by atoms with Crippen LogP contribution in [0.4, 0.5) is 5.82 Å². The normalized spacial score (nSPS) is 11.2. The van der Waals surface area contributed by atoms with E-state index in [1.54, 1.807) is 13.0 Å². The topological polar surface area (TPSA) is 93.3 Å². The van der Waals surface area contributed by atoms with Crippen LogP contribution in [0.2, 0.25) is 0 Å². The van der Waals surface area contributed by atoms with E-state index in [-0.39, 0.29) is 4.90 Å². The van der Waals surface area contributed by atoms with Crippen LogP contribution in [-0.4, -0.2) is 32.8 Å². The number of sulfonamides is 1. The van der Waals surface area contributed by atoms with Gasteiger partial charge in [0.1, 0.15) is 5.82 Å². The van der Waals surface area contributed by atoms with Gasteiger partial charge in [-0.05, 0) is 18.6 Å². The van der Waals surface area contributed by atoms with Gasteiger partial charge in [0, 0.05) is 12.1 Å². The Labute approximate surface area is 117 Å². The molecule has 2 aromatic rings. The number of anilines is 1. The standard InChI is InChI=1S/C12H15N3O4S/c1-8-6-9(18-2)10(19-3)7-11(8)20(16,17)15-12-4-5-13-14-12/h4-7H,1-3H3,(H2,13,14,15). The lowest BCUT2D eigenvalue weighted by molar-refractivity contribution is 0.353. The molecule has 1 aromatic heterocycles. The lowest BCUT2D eigenvalue weighted by Crippen LogP contribution is -2.15. The molecule has 0 bridgehead atoms. The zero-order valence-electron chi connectivity index (χ0n) is 11.3. The second-order valence-electron chi connectivity index (χ2n) is 4.05. The van der Waals surface area contributed by atoms with Crippen molar-refractivity contribution in [3.63, 3.8) is 0 Å². The molecule has 1 aromatic carbocycles. The van der Waals surface area contributed by atoms with Gasteiger partial charge < -0.3 is 9.47 Å². The lowest BCUT2D eigenvalue weighted by Gasteiger charge is -2.13. The van der Waals surface area contributed by atoms with Crippen molar-refractivity contribution in [2.45, 2.75) is 11.8 Å². The molecule has 0 aliphatic carbocycles. The summed E-state index contributed by atoms with van der Waals surface area (Å²) in [5.41, 5.74) is 0.551. The smallest absolute Gasteiger partial charge is 0.263 e. The van der Waals surface area contributed by atoms with E-state index < -0.39 is 10.0 Å². The van der Waals surface area contributed by atoms with Crippen LogP contribution in [-0.2, 0) is 10.0 Å². The molecule has 8 heteroatoms. The van der Waals surface area contributed by atoms with Gasteiger partial charge in [-0.15, -0.1) is 0 Å². The summed E-state index contributed by atoms with van der Waals surface area (Å²) in [5.74, 6) is 1.12. The molecule has 0 atom stereocenters. The quantitative estimate of drug-likeness (QED) is 0.873. The number of hydrogen-bond donors (Lipinski definition) is 2. The second-order valence-corrected chi connectivity index (χ2v) is 5.70. The van der Waals surface area contributed by atoms with Crippen LogP contribution in [0.3, 0.4) is 0 Å². The molecule has 0 aliphatic heterocycles. The van der Waals surface area contributed by atoms with Crippen molar-refractivity contribution in [3.05, 3.63) is 30.0 Å². The highest BCUT2D eigenvalue weighted by atomic mass is 32.2. The van der Waals surface area contributed by atoms with Crippen molar-refractivity contribution < 1.29 is 17.9 Å². The number of benzene rings is 1. The summed E-state index contributed by atoms with van der Waals surface area (Å²) in [6, 6.07) is 4.56. The molecule has 0 amide bonds. The van der Waals surface area contributed by atoms with Crippen LogP contribution in [0.1, 0.15) is 5.56 Å². The number of aromatic amines is 1. The average Bonchev–Trinajstić information content (AvgIpc) is 2.90. The third-order valence-corrected chi connectivity index (χ3v) is 4.22. The zero-order valence-corrected chi connectivity index (χ0v) is 12.1. The highest BCUT2D eigenvalue weighted by molar-refractivity contribution is 7.92. The predicted octanol–water partition coefficient (Wildman–Crippen LogP) is 1.54. The monoisotopic (exact) mass is 297 g/mol. The SMILES string of the molecule is COc1cc(C)c(S(=O)(=O)Nc2ccn[nH]2)cc1OC. The Morgan fingerprint density at radius 3 is 2.40 bits per heavy atom. The van der Waals surface area contributed by atoms with Gasteiger partial charge in [0.2, 0.25) is 0 Å². The van der Waals surface area contributed by atoms with E-state index in [4.69, 9.17) is 9.47 Å². The van der Waals surface area contributed by atoms with Crippen LogP contribution in [0.25, 0.3) is 0 Å². The second kappa shape index (κ2) is 5.41. The van der Waals surface area contributed by atoms with Crippen molar-refractivity contribution in [1.82, 2.24) is 10.2 Å². The Hall–Kier alpha value is -2.22. The molecular formula is C12H15N3O4S. The predicted molar refractivity (Wildman–Crippen MR) is 73.7 cm³/mol. The van der Waals surface area contributed by atoms with Gasteiger partial charge in [-0.2, -0.15) is 5.10 Å². The Morgan fingerprint density at radius 2 is 1.85 bits per heavy atom.